The van der Waals surface area contributed by atoms with Gasteiger partial charge >= 0.3 is 5.97 Å². The number of fused-ring (bicyclic) bond motifs is 3. The van der Waals surface area contributed by atoms with Crippen LogP contribution < -0.4 is 0 Å². The molecule has 1 aliphatic carbocycles. The molecule has 2 heterocycles. The van der Waals surface area contributed by atoms with Crippen molar-refractivity contribution < 1.29 is 9.53 Å². The van der Waals surface area contributed by atoms with Gasteiger partial charge in [-0.05, 0) is 51.3 Å². The summed E-state index contributed by atoms with van der Waals surface area (Å²) in [5.41, 5.74) is 0.194. The summed E-state index contributed by atoms with van der Waals surface area (Å²) in [4.78, 5) is 15.0. The van der Waals surface area contributed by atoms with Crippen molar-refractivity contribution in [3.05, 3.63) is 0 Å². The van der Waals surface area contributed by atoms with E-state index >= 15 is 0 Å². The van der Waals surface area contributed by atoms with Crippen molar-refractivity contribution in [3.8, 4) is 0 Å². The molecule has 4 heteroatoms. The highest BCUT2D eigenvalue weighted by Gasteiger charge is 2.64. The van der Waals surface area contributed by atoms with Crippen LogP contribution in [0.3, 0.4) is 0 Å². The lowest BCUT2D eigenvalue weighted by molar-refractivity contribution is -0.164. The van der Waals surface area contributed by atoms with Gasteiger partial charge in [-0.2, -0.15) is 0 Å². The largest absolute Gasteiger partial charge is 0.465 e. The monoisotopic (exact) mass is 285 g/mol. The van der Waals surface area contributed by atoms with Crippen LogP contribution in [0.5, 0.6) is 0 Å². The first-order valence-corrected chi connectivity index (χ1v) is 8.50. The first kappa shape index (κ1) is 15.2. The molecule has 0 amide bonds. The molecule has 0 aromatic carbocycles. The molecule has 0 spiro atoms. The molecular weight excluding hydrogens is 258 g/mol. The molecule has 2 bridgehead atoms. The Balaban J connectivity index is 2.41. The van der Waals surface area contributed by atoms with Gasteiger partial charge in [0.15, 0.2) is 0 Å². The molecule has 0 aromatic heterocycles. The zero-order valence-corrected chi connectivity index (χ0v) is 13.8. The predicted molar refractivity (Wildman–Crippen MR) is 80.4 cm³/mol. The normalized spacial score (nSPS) is 46.3. The molecule has 3 fully saturated rings. The maximum Gasteiger partial charge on any atom is 0.323 e. The van der Waals surface area contributed by atoms with Gasteiger partial charge in [-0.25, -0.2) is 0 Å². The summed E-state index contributed by atoms with van der Waals surface area (Å²) in [6.45, 7) is 9.35. The number of esters is 1. The van der Waals surface area contributed by atoms with E-state index in [9.17, 15) is 4.79 Å². The summed E-state index contributed by atoms with van der Waals surface area (Å²) in [5, 5.41) is 0. The minimum atomic E-state index is -0.376. The van der Waals surface area contributed by atoms with Crippen molar-refractivity contribution in [3.63, 3.8) is 0 Å². The number of hydrogen-bond acceptors (Lipinski definition) is 4. The van der Waals surface area contributed by atoms with Gasteiger partial charge < -0.3 is 4.74 Å². The molecule has 0 N–H and O–H groups in total. The zero-order chi connectivity index (χ0) is 14.4. The van der Waals surface area contributed by atoms with E-state index in [1.165, 1.54) is 0 Å². The average Bonchev–Trinajstić information content (AvgIpc) is 2.38. The average molecular weight is 285 g/mol. The Morgan fingerprint density at radius 3 is 2.63 bits per heavy atom. The molecule has 0 aromatic rings. The number of nitrogens with zero attached hydrogens (tertiary/aromatic N) is 1. The van der Waals surface area contributed by atoms with E-state index < -0.39 is 0 Å². The van der Waals surface area contributed by atoms with E-state index in [2.05, 4.69) is 39.0 Å². The molecule has 2 saturated heterocycles. The van der Waals surface area contributed by atoms with E-state index in [4.69, 9.17) is 4.74 Å². The number of carbonyl (C=O) groups is 1. The van der Waals surface area contributed by atoms with Gasteiger partial charge in [0, 0.05) is 12.1 Å². The third-order valence-corrected chi connectivity index (χ3v) is 7.24. The highest BCUT2D eigenvalue weighted by atomic mass is 32.2. The third kappa shape index (κ3) is 1.94. The van der Waals surface area contributed by atoms with E-state index in [1.54, 1.807) is 11.8 Å². The predicted octanol–water partition coefficient (Wildman–Crippen LogP) is 2.79. The number of rotatable bonds is 3. The molecule has 5 unspecified atom stereocenters. The first-order valence-electron chi connectivity index (χ1n) is 7.27. The van der Waals surface area contributed by atoms with Crippen LogP contribution in [0.4, 0.5) is 0 Å². The molecule has 1 saturated carbocycles. The van der Waals surface area contributed by atoms with Gasteiger partial charge in [0.25, 0.3) is 0 Å². The minimum Gasteiger partial charge on any atom is -0.465 e. The van der Waals surface area contributed by atoms with Crippen molar-refractivity contribution in [2.75, 3.05) is 19.9 Å². The van der Waals surface area contributed by atoms with Crippen LogP contribution in [0.25, 0.3) is 0 Å². The lowest BCUT2D eigenvalue weighted by Gasteiger charge is -2.64. The van der Waals surface area contributed by atoms with Gasteiger partial charge in [-0.15, -0.1) is 11.8 Å². The Kier molecular flexibility index (Phi) is 3.96. The fourth-order valence-corrected chi connectivity index (χ4v) is 5.41. The highest BCUT2D eigenvalue weighted by Crippen LogP contribution is 2.59. The Bertz CT molecular complexity index is 375. The Hall–Kier alpha value is -0.220. The van der Waals surface area contributed by atoms with E-state index in [0.717, 1.165) is 12.8 Å². The van der Waals surface area contributed by atoms with Crippen molar-refractivity contribution in [1.82, 2.24) is 4.90 Å². The quantitative estimate of drug-likeness (QED) is 0.746. The molecule has 5 atom stereocenters. The van der Waals surface area contributed by atoms with Gasteiger partial charge in [0.2, 0.25) is 0 Å². The molecule has 3 aliphatic rings. The van der Waals surface area contributed by atoms with Crippen LogP contribution in [0.2, 0.25) is 0 Å². The summed E-state index contributed by atoms with van der Waals surface area (Å²) in [7, 11) is 2.17. The maximum absolute atomic E-state index is 12.6. The van der Waals surface area contributed by atoms with Crippen molar-refractivity contribution in [2.24, 2.45) is 11.3 Å². The Labute approximate surface area is 121 Å². The van der Waals surface area contributed by atoms with Crippen molar-refractivity contribution in [1.29, 1.82) is 0 Å². The molecular formula is C15H27NO2S. The maximum atomic E-state index is 12.6. The molecule has 19 heavy (non-hydrogen) atoms. The molecule has 0 radical (unpaired) electrons. The fraction of sp³-hybridized carbons (Fsp3) is 0.933. The van der Waals surface area contributed by atoms with Gasteiger partial charge in [-0.3, -0.25) is 9.69 Å². The Morgan fingerprint density at radius 2 is 2.11 bits per heavy atom. The number of piperidine rings is 2. The van der Waals surface area contributed by atoms with E-state index in [1.807, 2.05) is 6.92 Å². The number of thioether (sulfide) groups is 1. The molecule has 3 nitrogen and oxygen atoms in total. The van der Waals surface area contributed by atoms with Gasteiger partial charge in [0.05, 0.1) is 6.61 Å². The molecule has 110 valence electrons. The first-order chi connectivity index (χ1) is 8.83. The summed E-state index contributed by atoms with van der Waals surface area (Å²) < 4.78 is 5.03. The number of hydrogen-bond donors (Lipinski definition) is 0. The van der Waals surface area contributed by atoms with Crippen LogP contribution in [0.1, 0.15) is 40.5 Å². The highest BCUT2D eigenvalue weighted by molar-refractivity contribution is 8.00. The Morgan fingerprint density at radius 1 is 1.47 bits per heavy atom. The van der Waals surface area contributed by atoms with Crippen LogP contribution in [-0.4, -0.2) is 47.6 Å². The smallest absolute Gasteiger partial charge is 0.323 e. The summed E-state index contributed by atoms with van der Waals surface area (Å²) in [6, 6.07) is 0.823. The van der Waals surface area contributed by atoms with E-state index in [0.29, 0.717) is 24.6 Å². The topological polar surface area (TPSA) is 29.5 Å². The fourth-order valence-electron chi connectivity index (χ4n) is 4.20. The summed E-state index contributed by atoms with van der Waals surface area (Å²) >= 11 is 1.69. The van der Waals surface area contributed by atoms with Crippen LogP contribution in [0.15, 0.2) is 0 Å². The van der Waals surface area contributed by atoms with Gasteiger partial charge in [-0.1, -0.05) is 13.8 Å². The van der Waals surface area contributed by atoms with Gasteiger partial charge in [0.1, 0.15) is 4.75 Å². The summed E-state index contributed by atoms with van der Waals surface area (Å²) in [5.74, 6) is 0.655. The van der Waals surface area contributed by atoms with E-state index in [-0.39, 0.29) is 16.1 Å². The minimum absolute atomic E-state index is 0.00984. The van der Waals surface area contributed by atoms with Crippen LogP contribution >= 0.6 is 11.8 Å². The summed E-state index contributed by atoms with van der Waals surface area (Å²) in [6.07, 6.45) is 4.10. The van der Waals surface area contributed by atoms with Crippen molar-refractivity contribution >= 4 is 17.7 Å². The lowest BCUT2D eigenvalue weighted by Crippen LogP contribution is -2.72. The van der Waals surface area contributed by atoms with Crippen molar-refractivity contribution in [2.45, 2.75) is 57.4 Å². The zero-order valence-electron chi connectivity index (χ0n) is 13.0. The number of carbonyl (C=O) groups excluding carboxylic acids is 1. The SMILES string of the molecule is CCOC(=O)C1(SC)CC2(C)C(C)CC1N(C)C2C. The third-order valence-electron chi connectivity index (χ3n) is 5.93. The second-order valence-electron chi connectivity index (χ2n) is 6.49. The van der Waals surface area contributed by atoms with Crippen LogP contribution in [0, 0.1) is 11.3 Å². The molecule has 2 aliphatic heterocycles. The second-order valence-corrected chi connectivity index (χ2v) is 7.63. The van der Waals surface area contributed by atoms with Crippen LogP contribution in [-0.2, 0) is 9.53 Å². The standard InChI is InChI=1S/C15H27NO2S/c1-7-18-13(17)15(19-6)9-14(4)10(2)8-12(15)16(5)11(14)3/h10-12H,7-9H2,1-6H3. The second kappa shape index (κ2) is 4.96. The molecule has 3 rings (SSSR count). The number of ether oxygens (including phenoxy) is 1. The lowest BCUT2D eigenvalue weighted by atomic mass is 9.55.